The van der Waals surface area contributed by atoms with E-state index in [1.54, 1.807) is 11.8 Å². The van der Waals surface area contributed by atoms with Crippen molar-refractivity contribution in [3.8, 4) is 33.6 Å². The van der Waals surface area contributed by atoms with Crippen LogP contribution in [0.3, 0.4) is 0 Å². The van der Waals surface area contributed by atoms with Gasteiger partial charge in [0.05, 0.1) is 0 Å². The van der Waals surface area contributed by atoms with Gasteiger partial charge in [-0.1, -0.05) is 75.2 Å². The van der Waals surface area contributed by atoms with Crippen molar-refractivity contribution in [1.82, 2.24) is 9.97 Å². The van der Waals surface area contributed by atoms with Gasteiger partial charge in [-0.2, -0.15) is 0 Å². The number of fused-ring (bicyclic) bond motifs is 2. The maximum atomic E-state index is 4.81. The molecule has 3 aliphatic rings. The van der Waals surface area contributed by atoms with Crippen LogP contribution in [0.1, 0.15) is 56.2 Å². The monoisotopic (exact) mass is 699 g/mol. The number of benzene rings is 3. The van der Waals surface area contributed by atoms with Gasteiger partial charge in [0.25, 0.3) is 0 Å². The molecule has 1 saturated carbocycles. The van der Waals surface area contributed by atoms with Crippen molar-refractivity contribution in [2.45, 2.75) is 57.3 Å². The van der Waals surface area contributed by atoms with Gasteiger partial charge in [0, 0.05) is 38.1 Å². The molecule has 5 aromatic rings. The summed E-state index contributed by atoms with van der Waals surface area (Å²) in [4.78, 5) is 9.02. The smallest absolute Gasteiger partial charge is 0.0242 e. The number of pyridine rings is 2. The van der Waals surface area contributed by atoms with Gasteiger partial charge >= 0.3 is 0 Å². The molecule has 2 aromatic heterocycles. The summed E-state index contributed by atoms with van der Waals surface area (Å²) in [5, 5.41) is 0. The third kappa shape index (κ3) is 5.46. The van der Waals surface area contributed by atoms with Crippen LogP contribution in [0, 0.1) is 19.1 Å². The van der Waals surface area contributed by atoms with Crippen LogP contribution in [0.15, 0.2) is 103 Å². The molecule has 0 unspecified atom stereocenters. The predicted octanol–water partition coefficient (Wildman–Crippen LogP) is 9.17. The molecule has 0 spiro atoms. The van der Waals surface area contributed by atoms with Crippen LogP contribution < -0.4 is 0 Å². The molecule has 0 amide bonds. The average Bonchev–Trinajstić information content (AvgIpc) is 3.00. The summed E-state index contributed by atoms with van der Waals surface area (Å²) in [5.74, 6) is 0. The number of nitrogens with zero attached hydrogens (tertiary/aromatic N) is 2. The zero-order valence-corrected chi connectivity index (χ0v) is 25.8. The molecule has 3 aliphatic carbocycles. The second kappa shape index (κ2) is 11.6. The van der Waals surface area contributed by atoms with Crippen LogP contribution in [0.4, 0.5) is 0 Å². The van der Waals surface area contributed by atoms with Crippen LogP contribution >= 0.6 is 0 Å². The Balaban J connectivity index is 0.000000209. The van der Waals surface area contributed by atoms with Gasteiger partial charge in [0.2, 0.25) is 0 Å². The van der Waals surface area contributed by atoms with Gasteiger partial charge in [-0.15, -0.1) is 70.8 Å². The molecule has 0 atom stereocenters. The van der Waals surface area contributed by atoms with E-state index < -0.39 is 0 Å². The van der Waals surface area contributed by atoms with E-state index in [0.717, 1.165) is 22.5 Å². The van der Waals surface area contributed by atoms with Crippen molar-refractivity contribution in [2.75, 3.05) is 0 Å². The Hall–Kier alpha value is -3.39. The Morgan fingerprint density at radius 1 is 0.675 bits per heavy atom. The molecule has 203 valence electrons. The Morgan fingerprint density at radius 2 is 1.38 bits per heavy atom. The minimum atomic E-state index is 0. The van der Waals surface area contributed by atoms with E-state index in [2.05, 4.69) is 86.4 Å². The van der Waals surface area contributed by atoms with Gasteiger partial charge in [0.15, 0.2) is 0 Å². The fraction of sp³-hybridized carbons (Fsp3) is 0.243. The van der Waals surface area contributed by atoms with Crippen LogP contribution in [0.25, 0.3) is 33.6 Å². The first-order chi connectivity index (χ1) is 19.0. The average molecular weight is 699 g/mol. The second-order valence-corrected chi connectivity index (χ2v) is 11.5. The van der Waals surface area contributed by atoms with E-state index in [9.17, 15) is 0 Å². The maximum absolute atomic E-state index is 4.81. The molecule has 2 bridgehead atoms. The SMILES string of the molecule is Cc1cc(-c2[c-]cc3c(c2)C2(C)CCC3(C)CC2)ncc1-c1ccccc1.[Ir].[c-]1ccccc1-c1ccccn1. The molecular formula is C37H34IrN2-2. The summed E-state index contributed by atoms with van der Waals surface area (Å²) in [5.41, 5.74) is 11.6. The first-order valence-corrected chi connectivity index (χ1v) is 13.9. The van der Waals surface area contributed by atoms with Gasteiger partial charge in [-0.25, -0.2) is 0 Å². The van der Waals surface area contributed by atoms with Crippen LogP contribution in [0.2, 0.25) is 0 Å². The van der Waals surface area contributed by atoms with Gasteiger partial charge in [-0.05, 0) is 59.2 Å². The standard InChI is InChI=1S/C26H26N.C11H8N.Ir/c1-18-15-24(27-17-21(18)19-7-5-4-6-8-19)20-9-10-22-23(16-20)26(3)13-11-25(22,2)12-14-26;1-2-6-10(7-3-1)11-8-4-5-9-12-11;/h4-8,10,15-17H,11-14H2,1-3H3;1-6,8-9H;/q2*-1;. The molecular weight excluding hydrogens is 665 g/mol. The Bertz CT molecular complexity index is 1530. The quantitative estimate of drug-likeness (QED) is 0.176. The van der Waals surface area contributed by atoms with Crippen molar-refractivity contribution >= 4 is 0 Å². The molecule has 40 heavy (non-hydrogen) atoms. The number of hydrogen-bond donors (Lipinski definition) is 0. The van der Waals surface area contributed by atoms with E-state index in [-0.39, 0.29) is 20.1 Å². The van der Waals surface area contributed by atoms with E-state index in [1.807, 2.05) is 48.7 Å². The normalized spacial score (nSPS) is 20.5. The topological polar surface area (TPSA) is 25.8 Å². The van der Waals surface area contributed by atoms with Crippen molar-refractivity contribution < 1.29 is 20.1 Å². The molecule has 2 heterocycles. The summed E-state index contributed by atoms with van der Waals surface area (Å²) in [7, 11) is 0. The summed E-state index contributed by atoms with van der Waals surface area (Å²) >= 11 is 0. The Morgan fingerprint density at radius 3 is 2.02 bits per heavy atom. The number of rotatable bonds is 3. The van der Waals surface area contributed by atoms with Crippen molar-refractivity contribution in [1.29, 1.82) is 0 Å². The number of aryl methyl sites for hydroxylation is 1. The van der Waals surface area contributed by atoms with Crippen LogP contribution in [-0.2, 0) is 30.9 Å². The molecule has 1 fully saturated rings. The Kier molecular flexibility index (Phi) is 8.17. The molecule has 0 N–H and O–H groups in total. The molecule has 2 nitrogen and oxygen atoms in total. The van der Waals surface area contributed by atoms with Crippen molar-refractivity contribution in [3.63, 3.8) is 0 Å². The first-order valence-electron chi connectivity index (χ1n) is 13.9. The van der Waals surface area contributed by atoms with Gasteiger partial charge in [-0.3, -0.25) is 0 Å². The molecule has 3 heteroatoms. The third-order valence-corrected chi connectivity index (χ3v) is 8.83. The molecule has 8 rings (SSSR count). The Labute approximate surface area is 252 Å². The minimum absolute atomic E-state index is 0. The van der Waals surface area contributed by atoms with E-state index in [0.29, 0.717) is 10.8 Å². The summed E-state index contributed by atoms with van der Waals surface area (Å²) in [6, 6.07) is 37.8. The fourth-order valence-electron chi connectivity index (χ4n) is 6.23. The van der Waals surface area contributed by atoms with Crippen molar-refractivity contribution in [3.05, 3.63) is 132 Å². The molecule has 3 aromatic carbocycles. The van der Waals surface area contributed by atoms with Crippen LogP contribution in [0.5, 0.6) is 0 Å². The minimum Gasteiger partial charge on any atom is -0.305 e. The third-order valence-electron chi connectivity index (χ3n) is 8.83. The molecule has 0 saturated heterocycles. The zero-order chi connectivity index (χ0) is 26.9. The van der Waals surface area contributed by atoms with E-state index >= 15 is 0 Å². The second-order valence-electron chi connectivity index (χ2n) is 11.5. The van der Waals surface area contributed by atoms with Gasteiger partial charge < -0.3 is 9.97 Å². The predicted molar refractivity (Wildman–Crippen MR) is 160 cm³/mol. The molecule has 1 radical (unpaired) electrons. The van der Waals surface area contributed by atoms with Crippen molar-refractivity contribution in [2.24, 2.45) is 0 Å². The maximum Gasteiger partial charge on any atom is 0.0242 e. The largest absolute Gasteiger partial charge is 0.305 e. The van der Waals surface area contributed by atoms with E-state index in [4.69, 9.17) is 4.98 Å². The van der Waals surface area contributed by atoms with Crippen LogP contribution in [-0.4, -0.2) is 9.97 Å². The summed E-state index contributed by atoms with van der Waals surface area (Å²) in [6.07, 6.45) is 9.04. The summed E-state index contributed by atoms with van der Waals surface area (Å²) < 4.78 is 0. The number of hydrogen-bond acceptors (Lipinski definition) is 2. The number of aromatic nitrogens is 2. The fourth-order valence-corrected chi connectivity index (χ4v) is 6.23. The molecule has 0 aliphatic heterocycles. The zero-order valence-electron chi connectivity index (χ0n) is 23.4. The van der Waals surface area contributed by atoms with E-state index in [1.165, 1.54) is 47.9 Å². The first kappa shape index (κ1) is 28.1. The van der Waals surface area contributed by atoms with Gasteiger partial charge in [0.1, 0.15) is 0 Å². The summed E-state index contributed by atoms with van der Waals surface area (Å²) in [6.45, 7) is 7.07.